The van der Waals surface area contributed by atoms with Gasteiger partial charge in [-0.25, -0.2) is 0 Å². The SMILES string of the molecule is CC(=O)C1=C(I)C(=O)NC1=O.CCOC(=O)CC. The maximum absolute atomic E-state index is 10.8. The molecule has 0 unspecified atom stereocenters. The van der Waals surface area contributed by atoms with Crippen molar-refractivity contribution in [3.05, 3.63) is 9.15 Å². The molecular weight excluding hydrogens is 353 g/mol. The van der Waals surface area contributed by atoms with Crippen LogP contribution in [0.3, 0.4) is 0 Å². The van der Waals surface area contributed by atoms with Gasteiger partial charge in [0.15, 0.2) is 5.78 Å². The van der Waals surface area contributed by atoms with Gasteiger partial charge in [-0.3, -0.25) is 24.5 Å². The number of ether oxygens (including phenoxy) is 1. The molecule has 100 valence electrons. The number of imide groups is 1. The second-order valence-corrected chi connectivity index (χ2v) is 4.27. The van der Waals surface area contributed by atoms with Gasteiger partial charge in [-0.15, -0.1) is 0 Å². The van der Waals surface area contributed by atoms with Crippen molar-refractivity contribution in [2.75, 3.05) is 6.61 Å². The Hall–Kier alpha value is -1.25. The largest absolute Gasteiger partial charge is 0.466 e. The molecule has 0 aromatic heterocycles. The zero-order chi connectivity index (χ0) is 14.3. The molecule has 1 heterocycles. The second-order valence-electron chi connectivity index (χ2n) is 3.19. The van der Waals surface area contributed by atoms with E-state index in [9.17, 15) is 19.2 Å². The Morgan fingerprint density at radius 2 is 1.78 bits per heavy atom. The van der Waals surface area contributed by atoms with E-state index in [0.29, 0.717) is 13.0 Å². The van der Waals surface area contributed by atoms with E-state index in [4.69, 9.17) is 0 Å². The lowest BCUT2D eigenvalue weighted by molar-refractivity contribution is -0.142. The van der Waals surface area contributed by atoms with Crippen molar-refractivity contribution in [3.63, 3.8) is 0 Å². The number of rotatable bonds is 3. The molecule has 0 fully saturated rings. The van der Waals surface area contributed by atoms with E-state index in [-0.39, 0.29) is 20.9 Å². The summed E-state index contributed by atoms with van der Waals surface area (Å²) in [6.07, 6.45) is 0.480. The standard InChI is InChI=1S/C6H4INO3.C5H10O2/c1-2(9)3-4(7)6(11)8-5(3)10;1-3-5(6)7-4-2/h1H3,(H,8,10,11);3-4H2,1-2H3. The first-order valence-electron chi connectivity index (χ1n) is 5.27. The Morgan fingerprint density at radius 1 is 1.22 bits per heavy atom. The highest BCUT2D eigenvalue weighted by Crippen LogP contribution is 2.19. The predicted octanol–water partition coefficient (Wildman–Crippen LogP) is 0.880. The van der Waals surface area contributed by atoms with E-state index in [2.05, 4.69) is 4.74 Å². The summed E-state index contributed by atoms with van der Waals surface area (Å²) in [5, 5.41) is 2.02. The van der Waals surface area contributed by atoms with Crippen LogP contribution in [0.25, 0.3) is 0 Å². The van der Waals surface area contributed by atoms with Crippen molar-refractivity contribution in [1.29, 1.82) is 0 Å². The lowest BCUT2D eigenvalue weighted by Crippen LogP contribution is -2.23. The molecule has 7 heteroatoms. The first-order valence-corrected chi connectivity index (χ1v) is 6.34. The number of amides is 2. The molecule has 0 saturated heterocycles. The fourth-order valence-corrected chi connectivity index (χ4v) is 1.77. The average Bonchev–Trinajstić information content (AvgIpc) is 2.54. The number of carbonyl (C=O) groups is 4. The number of nitrogens with one attached hydrogen (secondary N) is 1. The van der Waals surface area contributed by atoms with E-state index >= 15 is 0 Å². The summed E-state index contributed by atoms with van der Waals surface area (Å²) in [4.78, 5) is 42.5. The van der Waals surface area contributed by atoms with Crippen LogP contribution in [0.5, 0.6) is 0 Å². The van der Waals surface area contributed by atoms with Crippen LogP contribution in [-0.4, -0.2) is 30.2 Å². The number of carbonyl (C=O) groups excluding carboxylic acids is 4. The quantitative estimate of drug-likeness (QED) is 0.346. The summed E-state index contributed by atoms with van der Waals surface area (Å²) in [5.74, 6) is -1.58. The van der Waals surface area contributed by atoms with Gasteiger partial charge in [0.2, 0.25) is 0 Å². The highest BCUT2D eigenvalue weighted by molar-refractivity contribution is 14.1. The summed E-state index contributed by atoms with van der Waals surface area (Å²) in [7, 11) is 0. The number of hydrogen-bond acceptors (Lipinski definition) is 5. The zero-order valence-electron chi connectivity index (χ0n) is 10.3. The fourth-order valence-electron chi connectivity index (χ4n) is 1.01. The molecule has 0 atom stereocenters. The van der Waals surface area contributed by atoms with Crippen LogP contribution in [0.4, 0.5) is 0 Å². The molecule has 1 aliphatic heterocycles. The Kier molecular flexibility index (Phi) is 7.41. The van der Waals surface area contributed by atoms with E-state index in [0.717, 1.165) is 0 Å². The van der Waals surface area contributed by atoms with Crippen LogP contribution in [0.2, 0.25) is 0 Å². The molecule has 0 bridgehead atoms. The van der Waals surface area contributed by atoms with Gasteiger partial charge >= 0.3 is 5.97 Å². The van der Waals surface area contributed by atoms with Gasteiger partial charge in [-0.05, 0) is 36.4 Å². The molecular formula is C11H14INO5. The highest BCUT2D eigenvalue weighted by atomic mass is 127. The molecule has 0 aromatic rings. The summed E-state index contributed by atoms with van der Waals surface area (Å²) >= 11 is 1.68. The molecule has 1 aliphatic rings. The Labute approximate surface area is 118 Å². The minimum atomic E-state index is -0.591. The van der Waals surface area contributed by atoms with Gasteiger partial charge in [-0.2, -0.15) is 0 Å². The zero-order valence-corrected chi connectivity index (χ0v) is 12.5. The third-order valence-electron chi connectivity index (χ3n) is 1.82. The molecule has 0 aromatic carbocycles. The lowest BCUT2D eigenvalue weighted by Gasteiger charge is -1.93. The van der Waals surface area contributed by atoms with Crippen LogP contribution in [-0.2, 0) is 23.9 Å². The Balaban J connectivity index is 0.000000360. The Morgan fingerprint density at radius 3 is 1.94 bits per heavy atom. The first kappa shape index (κ1) is 16.8. The third kappa shape index (κ3) is 4.94. The maximum atomic E-state index is 10.8. The van der Waals surface area contributed by atoms with E-state index in [1.807, 2.05) is 5.32 Å². The molecule has 0 radical (unpaired) electrons. The van der Waals surface area contributed by atoms with Crippen LogP contribution >= 0.6 is 22.6 Å². The fraction of sp³-hybridized carbons (Fsp3) is 0.455. The minimum Gasteiger partial charge on any atom is -0.466 e. The molecule has 2 amide bonds. The number of Topliss-reactive ketones (excluding diaryl/α,β-unsaturated/α-hetero) is 1. The van der Waals surface area contributed by atoms with Crippen LogP contribution in [0.15, 0.2) is 9.15 Å². The van der Waals surface area contributed by atoms with Gasteiger partial charge in [-0.1, -0.05) is 6.92 Å². The normalized spacial score (nSPS) is 13.8. The summed E-state index contributed by atoms with van der Waals surface area (Å²) in [5.41, 5.74) is -0.0319. The summed E-state index contributed by atoms with van der Waals surface area (Å²) in [6, 6.07) is 0. The summed E-state index contributed by atoms with van der Waals surface area (Å²) < 4.78 is 4.73. The highest BCUT2D eigenvalue weighted by Gasteiger charge is 2.30. The van der Waals surface area contributed by atoms with E-state index in [1.54, 1.807) is 36.4 Å². The molecule has 0 aliphatic carbocycles. The van der Waals surface area contributed by atoms with Crippen LogP contribution < -0.4 is 5.32 Å². The predicted molar refractivity (Wildman–Crippen MR) is 71.8 cm³/mol. The minimum absolute atomic E-state index is 0.0319. The van der Waals surface area contributed by atoms with Gasteiger partial charge in [0.05, 0.1) is 10.2 Å². The molecule has 1 rings (SSSR count). The van der Waals surface area contributed by atoms with Crippen molar-refractivity contribution in [2.24, 2.45) is 0 Å². The van der Waals surface area contributed by atoms with Crippen molar-refractivity contribution in [3.8, 4) is 0 Å². The van der Waals surface area contributed by atoms with Gasteiger partial charge in [0.25, 0.3) is 11.8 Å². The lowest BCUT2D eigenvalue weighted by atomic mass is 10.2. The average molecular weight is 367 g/mol. The van der Waals surface area contributed by atoms with Crippen LogP contribution in [0.1, 0.15) is 27.2 Å². The molecule has 1 N–H and O–H groups in total. The smallest absolute Gasteiger partial charge is 0.305 e. The van der Waals surface area contributed by atoms with Crippen molar-refractivity contribution in [1.82, 2.24) is 5.32 Å². The molecule has 6 nitrogen and oxygen atoms in total. The van der Waals surface area contributed by atoms with E-state index in [1.165, 1.54) is 6.92 Å². The summed E-state index contributed by atoms with van der Waals surface area (Å²) in [6.45, 7) is 5.32. The van der Waals surface area contributed by atoms with Gasteiger partial charge < -0.3 is 4.74 Å². The van der Waals surface area contributed by atoms with Crippen LogP contribution in [0, 0.1) is 0 Å². The van der Waals surface area contributed by atoms with Crippen molar-refractivity contribution >= 4 is 46.2 Å². The van der Waals surface area contributed by atoms with Gasteiger partial charge in [0, 0.05) is 6.42 Å². The second kappa shape index (κ2) is 7.96. The van der Waals surface area contributed by atoms with Crippen molar-refractivity contribution < 1.29 is 23.9 Å². The van der Waals surface area contributed by atoms with Crippen molar-refractivity contribution in [2.45, 2.75) is 27.2 Å². The number of esters is 1. The number of hydrogen-bond donors (Lipinski definition) is 1. The topological polar surface area (TPSA) is 89.5 Å². The molecule has 0 saturated carbocycles. The third-order valence-corrected chi connectivity index (χ3v) is 2.85. The monoisotopic (exact) mass is 367 g/mol. The molecule has 0 spiro atoms. The molecule has 18 heavy (non-hydrogen) atoms. The Bertz CT molecular complexity index is 414. The number of halogens is 1. The first-order chi connectivity index (χ1) is 8.34. The van der Waals surface area contributed by atoms with E-state index < -0.39 is 11.8 Å². The number of ketones is 1. The maximum Gasteiger partial charge on any atom is 0.305 e. The van der Waals surface area contributed by atoms with Gasteiger partial charge in [0.1, 0.15) is 5.57 Å².